The van der Waals surface area contributed by atoms with Crippen LogP contribution in [0.15, 0.2) is 41.3 Å². The molecule has 0 amide bonds. The summed E-state index contributed by atoms with van der Waals surface area (Å²) >= 11 is 0. The number of nitro groups is 1. The molecule has 2 aromatic carbocycles. The number of hydrogen-bond donors (Lipinski definition) is 1. The fourth-order valence-corrected chi connectivity index (χ4v) is 3.63. The van der Waals surface area contributed by atoms with Gasteiger partial charge in [0.15, 0.2) is 9.84 Å². The molecule has 0 saturated heterocycles. The van der Waals surface area contributed by atoms with Crippen molar-refractivity contribution in [3.63, 3.8) is 0 Å². The van der Waals surface area contributed by atoms with Crippen molar-refractivity contribution < 1.29 is 13.3 Å². The maximum atomic E-state index is 12.0. The molecular weight excluding hydrogens is 340 g/mol. The van der Waals surface area contributed by atoms with Crippen molar-refractivity contribution in [2.24, 2.45) is 0 Å². The summed E-state index contributed by atoms with van der Waals surface area (Å²) in [6, 6.07) is 10.0. The van der Waals surface area contributed by atoms with Gasteiger partial charge in [0.05, 0.1) is 15.5 Å². The van der Waals surface area contributed by atoms with Gasteiger partial charge in [-0.25, -0.2) is 8.42 Å². The van der Waals surface area contributed by atoms with Gasteiger partial charge in [-0.3, -0.25) is 10.1 Å². The highest BCUT2D eigenvalue weighted by Crippen LogP contribution is 2.27. The van der Waals surface area contributed by atoms with E-state index in [0.717, 1.165) is 12.3 Å². The molecule has 0 bridgehead atoms. The van der Waals surface area contributed by atoms with Gasteiger partial charge in [-0.1, -0.05) is 23.8 Å². The van der Waals surface area contributed by atoms with E-state index < -0.39 is 14.8 Å². The van der Waals surface area contributed by atoms with E-state index in [4.69, 9.17) is 0 Å². The molecule has 0 saturated carbocycles. The van der Waals surface area contributed by atoms with Gasteiger partial charge < -0.3 is 5.32 Å². The molecule has 0 fully saturated rings. The van der Waals surface area contributed by atoms with E-state index in [1.807, 2.05) is 26.8 Å². The standard InChI is InChI=1S/C18H22N2O4S/c1-12-5-6-15(13(2)9-12)10-14(3)19-17-8-7-16(20(21)22)11-18(17)25(4,23)24/h5-9,11,14,19H,10H2,1-4H3. The third kappa shape index (κ3) is 4.79. The normalized spacial score (nSPS) is 12.6. The Morgan fingerprint density at radius 1 is 1.16 bits per heavy atom. The molecule has 1 atom stereocenters. The first-order valence-corrected chi connectivity index (χ1v) is 9.78. The van der Waals surface area contributed by atoms with Crippen molar-refractivity contribution in [1.82, 2.24) is 0 Å². The number of non-ortho nitro benzene ring substituents is 1. The molecule has 6 nitrogen and oxygen atoms in total. The zero-order chi connectivity index (χ0) is 18.8. The van der Waals surface area contributed by atoms with Crippen LogP contribution in [0.25, 0.3) is 0 Å². The van der Waals surface area contributed by atoms with Crippen molar-refractivity contribution in [2.45, 2.75) is 38.1 Å². The Morgan fingerprint density at radius 2 is 1.84 bits per heavy atom. The van der Waals surface area contributed by atoms with Crippen molar-refractivity contribution in [3.05, 3.63) is 63.2 Å². The molecule has 0 aliphatic rings. The van der Waals surface area contributed by atoms with Gasteiger partial charge in [0.2, 0.25) is 0 Å². The van der Waals surface area contributed by atoms with Crippen LogP contribution in [0.1, 0.15) is 23.6 Å². The Bertz CT molecular complexity index is 907. The van der Waals surface area contributed by atoms with Crippen molar-refractivity contribution in [3.8, 4) is 0 Å². The van der Waals surface area contributed by atoms with E-state index >= 15 is 0 Å². The lowest BCUT2D eigenvalue weighted by Gasteiger charge is -2.19. The third-order valence-electron chi connectivity index (χ3n) is 4.00. The number of sulfone groups is 1. The molecule has 2 rings (SSSR count). The monoisotopic (exact) mass is 362 g/mol. The maximum Gasteiger partial charge on any atom is 0.270 e. The Balaban J connectivity index is 2.28. The van der Waals surface area contributed by atoms with Crippen LogP contribution in [-0.4, -0.2) is 25.6 Å². The van der Waals surface area contributed by atoms with E-state index in [2.05, 4.69) is 17.4 Å². The molecule has 0 aromatic heterocycles. The number of benzene rings is 2. The van der Waals surface area contributed by atoms with Crippen molar-refractivity contribution in [1.29, 1.82) is 0 Å². The number of aryl methyl sites for hydroxylation is 2. The van der Waals surface area contributed by atoms with Crippen LogP contribution in [0.4, 0.5) is 11.4 Å². The number of rotatable bonds is 6. The fraction of sp³-hybridized carbons (Fsp3) is 0.333. The summed E-state index contributed by atoms with van der Waals surface area (Å²) in [6.45, 7) is 6.03. The highest BCUT2D eigenvalue weighted by Gasteiger charge is 2.19. The number of nitrogens with one attached hydrogen (secondary N) is 1. The summed E-state index contributed by atoms with van der Waals surface area (Å²) in [5.41, 5.74) is 3.68. The van der Waals surface area contributed by atoms with Crippen molar-refractivity contribution in [2.75, 3.05) is 11.6 Å². The quantitative estimate of drug-likeness (QED) is 0.626. The minimum Gasteiger partial charge on any atom is -0.381 e. The van der Waals surface area contributed by atoms with Crippen LogP contribution >= 0.6 is 0 Å². The summed E-state index contributed by atoms with van der Waals surface area (Å²) < 4.78 is 24.0. The molecule has 25 heavy (non-hydrogen) atoms. The number of nitrogens with zero attached hydrogens (tertiary/aromatic N) is 1. The van der Waals surface area contributed by atoms with E-state index in [0.29, 0.717) is 12.1 Å². The Kier molecular flexibility index (Phi) is 5.47. The van der Waals surface area contributed by atoms with Gasteiger partial charge in [0.25, 0.3) is 5.69 Å². The lowest BCUT2D eigenvalue weighted by molar-refractivity contribution is -0.385. The van der Waals surface area contributed by atoms with Crippen LogP contribution in [0.2, 0.25) is 0 Å². The lowest BCUT2D eigenvalue weighted by atomic mass is 10.00. The minimum atomic E-state index is -3.59. The molecule has 0 aliphatic carbocycles. The van der Waals surface area contributed by atoms with E-state index in [-0.39, 0.29) is 16.6 Å². The van der Waals surface area contributed by atoms with Crippen LogP contribution in [0.5, 0.6) is 0 Å². The van der Waals surface area contributed by atoms with Crippen LogP contribution in [-0.2, 0) is 16.3 Å². The van der Waals surface area contributed by atoms with Gasteiger partial charge >= 0.3 is 0 Å². The van der Waals surface area contributed by atoms with Crippen LogP contribution < -0.4 is 5.32 Å². The third-order valence-corrected chi connectivity index (χ3v) is 5.14. The summed E-state index contributed by atoms with van der Waals surface area (Å²) in [7, 11) is -3.59. The van der Waals surface area contributed by atoms with Gasteiger partial charge in [0.1, 0.15) is 0 Å². The predicted molar refractivity (Wildman–Crippen MR) is 98.9 cm³/mol. The second-order valence-electron chi connectivity index (χ2n) is 6.39. The Morgan fingerprint density at radius 3 is 2.40 bits per heavy atom. The zero-order valence-electron chi connectivity index (χ0n) is 14.7. The highest BCUT2D eigenvalue weighted by atomic mass is 32.2. The van der Waals surface area contributed by atoms with E-state index in [9.17, 15) is 18.5 Å². The SMILES string of the molecule is Cc1ccc(CC(C)Nc2ccc([N+](=O)[O-])cc2S(C)(=O)=O)c(C)c1. The largest absolute Gasteiger partial charge is 0.381 e. The van der Waals surface area contributed by atoms with Crippen LogP contribution in [0.3, 0.4) is 0 Å². The summed E-state index contributed by atoms with van der Waals surface area (Å²) in [6.07, 6.45) is 1.76. The summed E-state index contributed by atoms with van der Waals surface area (Å²) in [5, 5.41) is 14.1. The molecule has 2 aromatic rings. The zero-order valence-corrected chi connectivity index (χ0v) is 15.6. The molecule has 0 heterocycles. The average Bonchev–Trinajstić information content (AvgIpc) is 2.49. The van der Waals surface area contributed by atoms with E-state index in [1.165, 1.54) is 28.8 Å². The first kappa shape index (κ1) is 18.9. The molecule has 0 radical (unpaired) electrons. The molecule has 0 spiro atoms. The van der Waals surface area contributed by atoms with Crippen molar-refractivity contribution >= 4 is 21.2 Å². The summed E-state index contributed by atoms with van der Waals surface area (Å²) in [4.78, 5) is 10.2. The maximum absolute atomic E-state index is 12.0. The smallest absolute Gasteiger partial charge is 0.270 e. The van der Waals surface area contributed by atoms with Gasteiger partial charge in [0, 0.05) is 24.4 Å². The Labute approximate surface area is 148 Å². The molecule has 0 aliphatic heterocycles. The molecule has 134 valence electrons. The number of nitro benzene ring substituents is 1. The second kappa shape index (κ2) is 7.23. The highest BCUT2D eigenvalue weighted by molar-refractivity contribution is 7.90. The molecule has 7 heteroatoms. The minimum absolute atomic E-state index is 0.0386. The Hall–Kier alpha value is -2.41. The van der Waals surface area contributed by atoms with Gasteiger partial charge in [-0.15, -0.1) is 0 Å². The first-order valence-electron chi connectivity index (χ1n) is 7.89. The van der Waals surface area contributed by atoms with Gasteiger partial charge in [-0.05, 0) is 44.4 Å². The van der Waals surface area contributed by atoms with Gasteiger partial charge in [-0.2, -0.15) is 0 Å². The second-order valence-corrected chi connectivity index (χ2v) is 8.37. The summed E-state index contributed by atoms with van der Waals surface area (Å²) in [5.74, 6) is 0. The fourth-order valence-electron chi connectivity index (χ4n) is 2.77. The predicted octanol–water partition coefficient (Wildman–Crippen LogP) is 3.66. The number of hydrogen-bond acceptors (Lipinski definition) is 5. The molecular formula is C18H22N2O4S. The van der Waals surface area contributed by atoms with E-state index in [1.54, 1.807) is 0 Å². The topological polar surface area (TPSA) is 89.3 Å². The first-order chi connectivity index (χ1) is 11.6. The average molecular weight is 362 g/mol. The number of anilines is 1. The molecule has 1 N–H and O–H groups in total. The molecule has 1 unspecified atom stereocenters. The lowest BCUT2D eigenvalue weighted by Crippen LogP contribution is -2.20. The van der Waals surface area contributed by atoms with Crippen LogP contribution in [0, 0.1) is 24.0 Å².